The smallest absolute Gasteiger partial charge is 0.0389 e. The van der Waals surface area contributed by atoms with Gasteiger partial charge in [0.15, 0.2) is 0 Å². The maximum atomic E-state index is 8.64. The fourth-order valence-electron chi connectivity index (χ4n) is 3.63. The Balaban J connectivity index is 2.16. The van der Waals surface area contributed by atoms with E-state index in [4.69, 9.17) is 5.41 Å². The van der Waals surface area contributed by atoms with Gasteiger partial charge in [-0.25, -0.2) is 0 Å². The van der Waals surface area contributed by atoms with Gasteiger partial charge in [-0.2, -0.15) is 0 Å². The van der Waals surface area contributed by atoms with Crippen molar-refractivity contribution in [1.29, 1.82) is 5.41 Å². The maximum Gasteiger partial charge on any atom is 0.0389 e. The number of benzene rings is 2. The van der Waals surface area contributed by atoms with Crippen LogP contribution in [-0.4, -0.2) is 5.71 Å². The number of unbranched alkanes of at least 4 members (excludes halogenated alkanes) is 1. The van der Waals surface area contributed by atoms with E-state index in [9.17, 15) is 0 Å². The topological polar surface area (TPSA) is 23.9 Å². The summed E-state index contributed by atoms with van der Waals surface area (Å²) in [6.45, 7) is 8.84. The lowest BCUT2D eigenvalue weighted by Gasteiger charge is -2.19. The highest BCUT2D eigenvalue weighted by molar-refractivity contribution is 6.03. The van der Waals surface area contributed by atoms with Crippen LogP contribution in [0.2, 0.25) is 0 Å². The standard InChI is InChI=1S/C23H27N/c1-5-6-11-23(24)22-14-19-10-8-7-9-18(19)13-21(22)20-12-15(2)16(3)17(20)4/h7-10,12-14,20,24H,5-6,11H2,1-4H3. The summed E-state index contributed by atoms with van der Waals surface area (Å²) < 4.78 is 0. The minimum atomic E-state index is 0.312. The Morgan fingerprint density at radius 3 is 2.29 bits per heavy atom. The minimum Gasteiger partial charge on any atom is -0.305 e. The molecule has 0 bridgehead atoms. The van der Waals surface area contributed by atoms with Crippen LogP contribution < -0.4 is 0 Å². The Hall–Kier alpha value is -2.15. The molecule has 0 amide bonds. The van der Waals surface area contributed by atoms with Crippen LogP contribution in [0, 0.1) is 5.41 Å². The summed E-state index contributed by atoms with van der Waals surface area (Å²) >= 11 is 0. The molecule has 124 valence electrons. The van der Waals surface area contributed by atoms with E-state index in [2.05, 4.69) is 70.2 Å². The van der Waals surface area contributed by atoms with E-state index in [1.807, 2.05) is 0 Å². The summed E-state index contributed by atoms with van der Waals surface area (Å²) in [5, 5.41) is 11.1. The molecule has 1 nitrogen and oxygen atoms in total. The van der Waals surface area contributed by atoms with Crippen molar-refractivity contribution in [3.63, 3.8) is 0 Å². The Bertz CT molecular complexity index is 851. The summed E-state index contributed by atoms with van der Waals surface area (Å²) in [7, 11) is 0. The molecule has 24 heavy (non-hydrogen) atoms. The highest BCUT2D eigenvalue weighted by atomic mass is 14.4. The largest absolute Gasteiger partial charge is 0.305 e. The summed E-state index contributed by atoms with van der Waals surface area (Å²) in [5.74, 6) is 0.312. The second-order valence-corrected chi connectivity index (χ2v) is 7.00. The first-order valence-electron chi connectivity index (χ1n) is 8.99. The predicted molar refractivity (Wildman–Crippen MR) is 105 cm³/mol. The SMILES string of the molecule is CCCCC(=N)c1cc2ccccc2cc1C1C=C(C)C(C)=C1C. The van der Waals surface area contributed by atoms with Gasteiger partial charge in [0.2, 0.25) is 0 Å². The molecule has 1 unspecified atom stereocenters. The van der Waals surface area contributed by atoms with Gasteiger partial charge in [-0.1, -0.05) is 54.8 Å². The van der Waals surface area contributed by atoms with Crippen molar-refractivity contribution >= 4 is 16.5 Å². The molecular formula is C23H27N. The van der Waals surface area contributed by atoms with Crippen molar-refractivity contribution < 1.29 is 0 Å². The van der Waals surface area contributed by atoms with Crippen LogP contribution in [0.5, 0.6) is 0 Å². The molecule has 0 spiro atoms. The highest BCUT2D eigenvalue weighted by Crippen LogP contribution is 2.40. The molecule has 0 radical (unpaired) electrons. The fraction of sp³-hybridized carbons (Fsp3) is 0.348. The Morgan fingerprint density at radius 2 is 1.71 bits per heavy atom. The van der Waals surface area contributed by atoms with Gasteiger partial charge in [0.25, 0.3) is 0 Å². The Labute approximate surface area is 145 Å². The summed E-state index contributed by atoms with van der Waals surface area (Å²) in [6.07, 6.45) is 5.44. The number of hydrogen-bond donors (Lipinski definition) is 1. The van der Waals surface area contributed by atoms with Crippen LogP contribution >= 0.6 is 0 Å². The van der Waals surface area contributed by atoms with Gasteiger partial charge in [0.1, 0.15) is 0 Å². The summed E-state index contributed by atoms with van der Waals surface area (Å²) in [5.41, 5.74) is 7.40. The number of nitrogens with one attached hydrogen (secondary N) is 1. The highest BCUT2D eigenvalue weighted by Gasteiger charge is 2.24. The molecule has 0 saturated carbocycles. The van der Waals surface area contributed by atoms with Crippen molar-refractivity contribution in [2.75, 3.05) is 0 Å². The van der Waals surface area contributed by atoms with E-state index in [1.54, 1.807) is 0 Å². The zero-order chi connectivity index (χ0) is 17.3. The maximum absolute atomic E-state index is 8.64. The van der Waals surface area contributed by atoms with Gasteiger partial charge in [-0.3, -0.25) is 0 Å². The van der Waals surface area contributed by atoms with Gasteiger partial charge in [-0.05, 0) is 73.2 Å². The molecule has 1 heteroatoms. The van der Waals surface area contributed by atoms with E-state index >= 15 is 0 Å². The molecule has 0 fully saturated rings. The van der Waals surface area contributed by atoms with Crippen molar-refractivity contribution in [1.82, 2.24) is 0 Å². The number of allylic oxidation sites excluding steroid dienone is 4. The van der Waals surface area contributed by atoms with E-state index in [1.165, 1.54) is 33.1 Å². The average Bonchev–Trinajstić information content (AvgIpc) is 2.85. The molecule has 1 aliphatic rings. The molecule has 2 aromatic carbocycles. The van der Waals surface area contributed by atoms with Gasteiger partial charge >= 0.3 is 0 Å². The molecule has 0 heterocycles. The molecule has 0 saturated heterocycles. The minimum absolute atomic E-state index is 0.312. The molecule has 1 N–H and O–H groups in total. The van der Waals surface area contributed by atoms with Crippen molar-refractivity contribution in [3.05, 3.63) is 70.3 Å². The number of fused-ring (bicyclic) bond motifs is 1. The molecule has 2 aromatic rings. The summed E-state index contributed by atoms with van der Waals surface area (Å²) in [4.78, 5) is 0. The van der Waals surface area contributed by atoms with Crippen LogP contribution in [0.3, 0.4) is 0 Å². The van der Waals surface area contributed by atoms with Crippen molar-refractivity contribution in [2.24, 2.45) is 0 Å². The fourth-order valence-corrected chi connectivity index (χ4v) is 3.63. The molecule has 0 aromatic heterocycles. The third-order valence-electron chi connectivity index (χ3n) is 5.42. The molecule has 3 rings (SSSR count). The van der Waals surface area contributed by atoms with Crippen LogP contribution in [-0.2, 0) is 0 Å². The predicted octanol–water partition coefficient (Wildman–Crippen LogP) is 6.78. The quantitative estimate of drug-likeness (QED) is 0.588. The van der Waals surface area contributed by atoms with Crippen molar-refractivity contribution in [2.45, 2.75) is 52.9 Å². The normalized spacial score (nSPS) is 17.5. The molecule has 1 atom stereocenters. The van der Waals surface area contributed by atoms with Crippen LogP contribution in [0.4, 0.5) is 0 Å². The molecule has 0 aliphatic heterocycles. The van der Waals surface area contributed by atoms with E-state index in [0.717, 1.165) is 30.5 Å². The third-order valence-corrected chi connectivity index (χ3v) is 5.42. The average molecular weight is 317 g/mol. The Kier molecular flexibility index (Phi) is 4.71. The van der Waals surface area contributed by atoms with Gasteiger partial charge < -0.3 is 5.41 Å². The van der Waals surface area contributed by atoms with E-state index in [-0.39, 0.29) is 0 Å². The third kappa shape index (κ3) is 2.96. The van der Waals surface area contributed by atoms with Gasteiger partial charge in [-0.15, -0.1) is 0 Å². The Morgan fingerprint density at radius 1 is 1.04 bits per heavy atom. The monoisotopic (exact) mass is 317 g/mol. The lowest BCUT2D eigenvalue weighted by molar-refractivity contribution is 0.831. The first kappa shape index (κ1) is 16.7. The first-order chi connectivity index (χ1) is 11.5. The lowest BCUT2D eigenvalue weighted by atomic mass is 9.85. The second-order valence-electron chi connectivity index (χ2n) is 7.00. The number of hydrogen-bond acceptors (Lipinski definition) is 1. The van der Waals surface area contributed by atoms with Crippen LogP contribution in [0.15, 0.2) is 59.2 Å². The van der Waals surface area contributed by atoms with Crippen molar-refractivity contribution in [3.8, 4) is 0 Å². The molecule has 1 aliphatic carbocycles. The van der Waals surface area contributed by atoms with E-state index in [0.29, 0.717) is 5.92 Å². The van der Waals surface area contributed by atoms with E-state index < -0.39 is 0 Å². The second kappa shape index (κ2) is 6.76. The summed E-state index contributed by atoms with van der Waals surface area (Å²) in [6, 6.07) is 13.0. The van der Waals surface area contributed by atoms with Crippen LogP contribution in [0.25, 0.3) is 10.8 Å². The van der Waals surface area contributed by atoms with Crippen LogP contribution in [0.1, 0.15) is 64.0 Å². The zero-order valence-corrected chi connectivity index (χ0v) is 15.2. The first-order valence-corrected chi connectivity index (χ1v) is 8.99. The lowest BCUT2D eigenvalue weighted by Crippen LogP contribution is -2.07. The molecular weight excluding hydrogens is 290 g/mol. The number of rotatable bonds is 5. The zero-order valence-electron chi connectivity index (χ0n) is 15.2. The van der Waals surface area contributed by atoms with Gasteiger partial charge in [0, 0.05) is 11.6 Å². The van der Waals surface area contributed by atoms with Gasteiger partial charge in [0.05, 0.1) is 0 Å².